The van der Waals surface area contributed by atoms with Crippen LogP contribution in [0.1, 0.15) is 25.3 Å². The minimum atomic E-state index is -0.930. The number of halogens is 1. The normalized spacial score (nSPS) is 10.8. The first-order valence-electron chi connectivity index (χ1n) is 5.96. The molecule has 0 aliphatic heterocycles. The van der Waals surface area contributed by atoms with Crippen molar-refractivity contribution in [3.63, 3.8) is 0 Å². The summed E-state index contributed by atoms with van der Waals surface area (Å²) in [5.74, 6) is -0.930. The Bertz CT molecular complexity index is 443. The quantitative estimate of drug-likeness (QED) is 0.813. The monoisotopic (exact) mass is 311 g/mol. The number of carbonyl (C=O) groups is 1. The molecule has 0 amide bonds. The number of carboxylic acids is 1. The van der Waals surface area contributed by atoms with Crippen molar-refractivity contribution in [2.75, 3.05) is 18.5 Å². The average molecular weight is 312 g/mol. The first-order valence-corrected chi connectivity index (χ1v) is 6.75. The molecule has 0 unspecified atom stereocenters. The fraction of sp³-hybridized carbons (Fsp3) is 0.357. The molecule has 3 nitrogen and oxygen atoms in total. The number of nitrogens with zero attached hydrogens (tertiary/aromatic N) is 1. The Labute approximate surface area is 116 Å². The van der Waals surface area contributed by atoms with Crippen molar-refractivity contribution >= 4 is 33.7 Å². The minimum Gasteiger partial charge on any atom is -0.478 e. The Hall–Kier alpha value is -1.29. The Kier molecular flexibility index (Phi) is 5.92. The fourth-order valence-electron chi connectivity index (χ4n) is 1.67. The highest BCUT2D eigenvalue weighted by Gasteiger charge is 2.06. The van der Waals surface area contributed by atoms with Crippen LogP contribution in [0.3, 0.4) is 0 Å². The van der Waals surface area contributed by atoms with Gasteiger partial charge in [-0.15, -0.1) is 0 Å². The number of anilines is 1. The topological polar surface area (TPSA) is 40.5 Å². The van der Waals surface area contributed by atoms with Gasteiger partial charge in [0, 0.05) is 29.8 Å². The third-order valence-corrected chi connectivity index (χ3v) is 3.15. The molecule has 0 aliphatic carbocycles. The van der Waals surface area contributed by atoms with Crippen LogP contribution >= 0.6 is 15.9 Å². The van der Waals surface area contributed by atoms with Crippen LogP contribution in [-0.2, 0) is 4.79 Å². The van der Waals surface area contributed by atoms with E-state index in [0.717, 1.165) is 35.1 Å². The maximum absolute atomic E-state index is 10.6. The lowest BCUT2D eigenvalue weighted by Crippen LogP contribution is -2.19. The summed E-state index contributed by atoms with van der Waals surface area (Å²) in [5.41, 5.74) is 1.95. The van der Waals surface area contributed by atoms with Gasteiger partial charge in [0.1, 0.15) is 0 Å². The van der Waals surface area contributed by atoms with Crippen LogP contribution in [0.2, 0.25) is 0 Å². The summed E-state index contributed by atoms with van der Waals surface area (Å²) in [6.45, 7) is 3.11. The molecule has 1 rings (SSSR count). The van der Waals surface area contributed by atoms with Gasteiger partial charge in [-0.2, -0.15) is 0 Å². The summed E-state index contributed by atoms with van der Waals surface area (Å²) in [7, 11) is 2.02. The van der Waals surface area contributed by atoms with E-state index < -0.39 is 5.97 Å². The van der Waals surface area contributed by atoms with E-state index in [9.17, 15) is 4.79 Å². The van der Waals surface area contributed by atoms with E-state index in [1.54, 1.807) is 6.08 Å². The maximum atomic E-state index is 10.6. The van der Waals surface area contributed by atoms with E-state index in [1.807, 2.05) is 25.2 Å². The predicted molar refractivity (Wildman–Crippen MR) is 79.0 cm³/mol. The van der Waals surface area contributed by atoms with E-state index in [-0.39, 0.29) is 0 Å². The summed E-state index contributed by atoms with van der Waals surface area (Å²) in [4.78, 5) is 12.7. The smallest absolute Gasteiger partial charge is 0.328 e. The molecule has 0 radical (unpaired) electrons. The van der Waals surface area contributed by atoms with Crippen LogP contribution in [0.4, 0.5) is 5.69 Å². The SMILES string of the molecule is CCCCN(C)c1cc(Br)ccc1/C=C/C(=O)O. The molecule has 18 heavy (non-hydrogen) atoms. The zero-order valence-corrected chi connectivity index (χ0v) is 12.3. The fourth-order valence-corrected chi connectivity index (χ4v) is 2.01. The molecule has 0 fully saturated rings. The molecular weight excluding hydrogens is 294 g/mol. The first kappa shape index (κ1) is 14.8. The highest BCUT2D eigenvalue weighted by atomic mass is 79.9. The number of carboxylic acid groups (broad SMARTS) is 1. The molecule has 0 aromatic heterocycles. The van der Waals surface area contributed by atoms with Gasteiger partial charge in [-0.3, -0.25) is 0 Å². The van der Waals surface area contributed by atoms with Crippen LogP contribution in [0.5, 0.6) is 0 Å². The molecule has 1 aromatic carbocycles. The van der Waals surface area contributed by atoms with Gasteiger partial charge < -0.3 is 10.0 Å². The van der Waals surface area contributed by atoms with Crippen LogP contribution < -0.4 is 4.90 Å². The third-order valence-electron chi connectivity index (χ3n) is 2.66. The number of benzene rings is 1. The largest absolute Gasteiger partial charge is 0.478 e. The lowest BCUT2D eigenvalue weighted by atomic mass is 10.1. The molecular formula is C14H18BrNO2. The molecule has 98 valence electrons. The lowest BCUT2D eigenvalue weighted by Gasteiger charge is -2.21. The van der Waals surface area contributed by atoms with Crippen LogP contribution in [0.15, 0.2) is 28.7 Å². The Morgan fingerprint density at radius 2 is 2.22 bits per heavy atom. The highest BCUT2D eigenvalue weighted by Crippen LogP contribution is 2.25. The van der Waals surface area contributed by atoms with Gasteiger partial charge in [-0.05, 0) is 30.2 Å². The Morgan fingerprint density at radius 3 is 2.83 bits per heavy atom. The molecule has 1 N–H and O–H groups in total. The van der Waals surface area contributed by atoms with E-state index in [1.165, 1.54) is 6.08 Å². The van der Waals surface area contributed by atoms with Crippen molar-refractivity contribution in [1.29, 1.82) is 0 Å². The molecule has 1 aromatic rings. The maximum Gasteiger partial charge on any atom is 0.328 e. The van der Waals surface area contributed by atoms with Gasteiger partial charge in [0.25, 0.3) is 0 Å². The minimum absolute atomic E-state index is 0.916. The zero-order valence-electron chi connectivity index (χ0n) is 10.7. The zero-order chi connectivity index (χ0) is 13.5. The van der Waals surface area contributed by atoms with Gasteiger partial charge in [0.2, 0.25) is 0 Å². The molecule has 0 bridgehead atoms. The summed E-state index contributed by atoms with van der Waals surface area (Å²) < 4.78 is 0.994. The standard InChI is InChI=1S/C14H18BrNO2/c1-3-4-9-16(2)13-10-12(15)7-5-11(13)6-8-14(17)18/h5-8,10H,3-4,9H2,1-2H3,(H,17,18)/b8-6+. The molecule has 0 heterocycles. The van der Waals surface area contributed by atoms with E-state index in [4.69, 9.17) is 5.11 Å². The van der Waals surface area contributed by atoms with Gasteiger partial charge >= 0.3 is 5.97 Å². The van der Waals surface area contributed by atoms with Crippen molar-refractivity contribution in [2.24, 2.45) is 0 Å². The van der Waals surface area contributed by atoms with Crippen LogP contribution in [-0.4, -0.2) is 24.7 Å². The molecule has 4 heteroatoms. The van der Waals surface area contributed by atoms with Gasteiger partial charge in [-0.1, -0.05) is 35.3 Å². The number of hydrogen-bond donors (Lipinski definition) is 1. The number of unbranched alkanes of at least 4 members (excludes halogenated alkanes) is 1. The highest BCUT2D eigenvalue weighted by molar-refractivity contribution is 9.10. The second-order valence-corrected chi connectivity index (χ2v) is 5.07. The predicted octanol–water partition coefficient (Wildman–Crippen LogP) is 3.78. The Balaban J connectivity index is 2.99. The second kappa shape index (κ2) is 7.21. The average Bonchev–Trinajstić information content (AvgIpc) is 2.34. The summed E-state index contributed by atoms with van der Waals surface area (Å²) in [6, 6.07) is 5.84. The van der Waals surface area contributed by atoms with Gasteiger partial charge in [0.15, 0.2) is 0 Å². The Morgan fingerprint density at radius 1 is 1.50 bits per heavy atom. The number of hydrogen-bond acceptors (Lipinski definition) is 2. The molecule has 0 atom stereocenters. The summed E-state index contributed by atoms with van der Waals surface area (Å²) in [5, 5.41) is 8.69. The first-order chi connectivity index (χ1) is 8.54. The van der Waals surface area contributed by atoms with Crippen molar-refractivity contribution in [3.8, 4) is 0 Å². The molecule has 0 saturated carbocycles. The van der Waals surface area contributed by atoms with Crippen LogP contribution in [0.25, 0.3) is 6.08 Å². The van der Waals surface area contributed by atoms with Crippen molar-refractivity contribution in [3.05, 3.63) is 34.3 Å². The molecule has 0 spiro atoms. The van der Waals surface area contributed by atoms with Crippen molar-refractivity contribution in [2.45, 2.75) is 19.8 Å². The van der Waals surface area contributed by atoms with Crippen LogP contribution in [0, 0.1) is 0 Å². The van der Waals surface area contributed by atoms with Crippen molar-refractivity contribution < 1.29 is 9.90 Å². The molecule has 0 aliphatic rings. The summed E-state index contributed by atoms with van der Waals surface area (Å²) >= 11 is 3.45. The summed E-state index contributed by atoms with van der Waals surface area (Å²) in [6.07, 6.45) is 5.05. The van der Waals surface area contributed by atoms with Gasteiger partial charge in [0.05, 0.1) is 0 Å². The van der Waals surface area contributed by atoms with E-state index in [2.05, 4.69) is 27.8 Å². The van der Waals surface area contributed by atoms with E-state index >= 15 is 0 Å². The number of rotatable bonds is 6. The number of aliphatic carboxylic acids is 1. The lowest BCUT2D eigenvalue weighted by molar-refractivity contribution is -0.131. The molecule has 0 saturated heterocycles. The third kappa shape index (κ3) is 4.53. The van der Waals surface area contributed by atoms with E-state index in [0.29, 0.717) is 0 Å². The second-order valence-electron chi connectivity index (χ2n) is 4.15. The van der Waals surface area contributed by atoms with Gasteiger partial charge in [-0.25, -0.2) is 4.79 Å². The van der Waals surface area contributed by atoms with Crippen molar-refractivity contribution in [1.82, 2.24) is 0 Å².